The molecule has 110 valence electrons. The van der Waals surface area contributed by atoms with Gasteiger partial charge in [0.05, 0.1) is 11.7 Å². The van der Waals surface area contributed by atoms with Crippen LogP contribution < -0.4 is 11.1 Å². The van der Waals surface area contributed by atoms with E-state index >= 15 is 0 Å². The number of carbonyl (C=O) groups is 1. The van der Waals surface area contributed by atoms with Crippen LogP contribution in [0, 0.1) is 3.57 Å². The summed E-state index contributed by atoms with van der Waals surface area (Å²) in [7, 11) is 0. The summed E-state index contributed by atoms with van der Waals surface area (Å²) >= 11 is 2.06. The van der Waals surface area contributed by atoms with Gasteiger partial charge < -0.3 is 21.3 Å². The number of rotatable bonds is 4. The van der Waals surface area contributed by atoms with Crippen molar-refractivity contribution in [3.8, 4) is 5.75 Å². The second-order valence-electron chi connectivity index (χ2n) is 4.55. The van der Waals surface area contributed by atoms with Crippen molar-refractivity contribution in [2.24, 2.45) is 0 Å². The molecule has 0 fully saturated rings. The molecule has 6 heteroatoms. The average molecular weight is 398 g/mol. The number of benzene rings is 2. The molecule has 0 saturated carbocycles. The fourth-order valence-corrected chi connectivity index (χ4v) is 2.30. The van der Waals surface area contributed by atoms with Gasteiger partial charge in [0.2, 0.25) is 0 Å². The SMILES string of the molecule is Nc1ccc(C(O)CNC(=O)c2cc(I)ccc2O)cc1. The number of nitrogens with two attached hydrogens (primary N) is 1. The Hall–Kier alpha value is -1.80. The molecule has 5 N–H and O–H groups in total. The molecular weight excluding hydrogens is 383 g/mol. The summed E-state index contributed by atoms with van der Waals surface area (Å²) in [6, 6.07) is 11.5. The standard InChI is InChI=1S/C15H15IN2O3/c16-10-3-6-13(19)12(7-10)15(21)18-8-14(20)9-1-4-11(17)5-2-9/h1-7,14,19-20H,8,17H2,(H,18,21). The van der Waals surface area contributed by atoms with Crippen molar-refractivity contribution >= 4 is 34.2 Å². The Morgan fingerprint density at radius 3 is 2.57 bits per heavy atom. The van der Waals surface area contributed by atoms with Gasteiger partial charge in [0.15, 0.2) is 0 Å². The Balaban J connectivity index is 2.00. The molecule has 0 heterocycles. The molecule has 1 unspecified atom stereocenters. The van der Waals surface area contributed by atoms with E-state index in [9.17, 15) is 15.0 Å². The molecule has 0 aliphatic carbocycles. The number of phenols is 1. The highest BCUT2D eigenvalue weighted by molar-refractivity contribution is 14.1. The number of aromatic hydroxyl groups is 1. The van der Waals surface area contributed by atoms with E-state index in [2.05, 4.69) is 27.9 Å². The number of hydrogen-bond acceptors (Lipinski definition) is 4. The number of nitrogen functional groups attached to an aromatic ring is 1. The first-order chi connectivity index (χ1) is 9.97. The molecule has 0 radical (unpaired) electrons. The third kappa shape index (κ3) is 4.08. The van der Waals surface area contributed by atoms with Crippen LogP contribution in [0.2, 0.25) is 0 Å². The van der Waals surface area contributed by atoms with Crippen LogP contribution in [0.15, 0.2) is 42.5 Å². The number of aliphatic hydroxyl groups is 1. The average Bonchev–Trinajstić information content (AvgIpc) is 2.47. The van der Waals surface area contributed by atoms with Crippen LogP contribution >= 0.6 is 22.6 Å². The first-order valence-corrected chi connectivity index (χ1v) is 7.35. The van der Waals surface area contributed by atoms with Crippen molar-refractivity contribution in [2.75, 3.05) is 12.3 Å². The number of phenolic OH excluding ortho intramolecular Hbond substituents is 1. The first kappa shape index (κ1) is 15.6. The molecule has 21 heavy (non-hydrogen) atoms. The Labute approximate surface area is 135 Å². The lowest BCUT2D eigenvalue weighted by Gasteiger charge is -2.13. The number of carbonyl (C=O) groups excluding carboxylic acids is 1. The summed E-state index contributed by atoms with van der Waals surface area (Å²) in [6.07, 6.45) is -0.834. The summed E-state index contributed by atoms with van der Waals surface area (Å²) in [6.45, 7) is 0.0493. The third-order valence-corrected chi connectivity index (χ3v) is 3.65. The van der Waals surface area contributed by atoms with Gasteiger partial charge in [-0.2, -0.15) is 0 Å². The van der Waals surface area contributed by atoms with Crippen molar-refractivity contribution < 1.29 is 15.0 Å². The summed E-state index contributed by atoms with van der Waals surface area (Å²) in [5.41, 5.74) is 7.04. The Morgan fingerprint density at radius 1 is 1.24 bits per heavy atom. The molecule has 1 atom stereocenters. The third-order valence-electron chi connectivity index (χ3n) is 2.98. The van der Waals surface area contributed by atoms with Gasteiger partial charge in [-0.15, -0.1) is 0 Å². The molecule has 0 spiro atoms. The highest BCUT2D eigenvalue weighted by Gasteiger charge is 2.14. The van der Waals surface area contributed by atoms with E-state index in [1.54, 1.807) is 36.4 Å². The zero-order valence-electron chi connectivity index (χ0n) is 11.1. The molecule has 0 bridgehead atoms. The van der Waals surface area contributed by atoms with Gasteiger partial charge in [0.1, 0.15) is 5.75 Å². The second-order valence-corrected chi connectivity index (χ2v) is 5.80. The van der Waals surface area contributed by atoms with Crippen LogP contribution in [0.3, 0.4) is 0 Å². The maximum atomic E-state index is 12.0. The molecule has 2 rings (SSSR count). The smallest absolute Gasteiger partial charge is 0.255 e. The summed E-state index contributed by atoms with van der Waals surface area (Å²) in [5, 5.41) is 22.3. The van der Waals surface area contributed by atoms with Gasteiger partial charge in [-0.1, -0.05) is 12.1 Å². The van der Waals surface area contributed by atoms with Crippen LogP contribution in [-0.4, -0.2) is 22.7 Å². The van der Waals surface area contributed by atoms with E-state index in [-0.39, 0.29) is 17.9 Å². The van der Waals surface area contributed by atoms with E-state index in [0.717, 1.165) is 3.57 Å². The van der Waals surface area contributed by atoms with Crippen molar-refractivity contribution in [2.45, 2.75) is 6.10 Å². The van der Waals surface area contributed by atoms with Crippen LogP contribution in [0.4, 0.5) is 5.69 Å². The van der Waals surface area contributed by atoms with Crippen LogP contribution in [0.25, 0.3) is 0 Å². The monoisotopic (exact) mass is 398 g/mol. The largest absolute Gasteiger partial charge is 0.507 e. The molecule has 2 aromatic rings. The molecular formula is C15H15IN2O3. The quantitative estimate of drug-likeness (QED) is 0.468. The van der Waals surface area contributed by atoms with Gasteiger partial charge in [-0.3, -0.25) is 4.79 Å². The number of halogens is 1. The predicted molar refractivity (Wildman–Crippen MR) is 89.0 cm³/mol. The van der Waals surface area contributed by atoms with Crippen LogP contribution in [0.1, 0.15) is 22.0 Å². The van der Waals surface area contributed by atoms with Crippen molar-refractivity contribution in [3.63, 3.8) is 0 Å². The van der Waals surface area contributed by atoms with Gasteiger partial charge in [-0.05, 0) is 58.5 Å². The lowest BCUT2D eigenvalue weighted by Crippen LogP contribution is -2.28. The number of amides is 1. The number of anilines is 1. The Morgan fingerprint density at radius 2 is 1.90 bits per heavy atom. The van der Waals surface area contributed by atoms with E-state index in [4.69, 9.17) is 5.73 Å². The number of aliphatic hydroxyl groups excluding tert-OH is 1. The minimum atomic E-state index is -0.834. The van der Waals surface area contributed by atoms with Crippen molar-refractivity contribution in [1.82, 2.24) is 5.32 Å². The maximum Gasteiger partial charge on any atom is 0.255 e. The summed E-state index contributed by atoms with van der Waals surface area (Å²) in [4.78, 5) is 12.0. The van der Waals surface area contributed by atoms with E-state index in [1.807, 2.05) is 0 Å². The fourth-order valence-electron chi connectivity index (χ4n) is 1.81. The zero-order valence-corrected chi connectivity index (χ0v) is 13.2. The summed E-state index contributed by atoms with van der Waals surface area (Å²) < 4.78 is 0.842. The normalized spacial score (nSPS) is 11.9. The topological polar surface area (TPSA) is 95.6 Å². The van der Waals surface area contributed by atoms with Gasteiger partial charge >= 0.3 is 0 Å². The lowest BCUT2D eigenvalue weighted by molar-refractivity contribution is 0.0913. The fraction of sp³-hybridized carbons (Fsp3) is 0.133. The molecule has 1 amide bonds. The second kappa shape index (κ2) is 6.77. The van der Waals surface area contributed by atoms with Gasteiger partial charge in [0, 0.05) is 15.8 Å². The molecule has 0 aliphatic heterocycles. The minimum Gasteiger partial charge on any atom is -0.507 e. The first-order valence-electron chi connectivity index (χ1n) is 6.27. The van der Waals surface area contributed by atoms with Gasteiger partial charge in [-0.25, -0.2) is 0 Å². The zero-order chi connectivity index (χ0) is 15.4. The molecule has 0 aliphatic rings. The van der Waals surface area contributed by atoms with Crippen LogP contribution in [-0.2, 0) is 0 Å². The highest BCUT2D eigenvalue weighted by Crippen LogP contribution is 2.20. The molecule has 5 nitrogen and oxygen atoms in total. The highest BCUT2D eigenvalue weighted by atomic mass is 127. The predicted octanol–water partition coefficient (Wildman–Crippen LogP) is 2.04. The molecule has 2 aromatic carbocycles. The van der Waals surface area contributed by atoms with E-state index < -0.39 is 12.0 Å². The molecule has 0 saturated heterocycles. The van der Waals surface area contributed by atoms with Crippen LogP contribution in [0.5, 0.6) is 5.75 Å². The lowest BCUT2D eigenvalue weighted by atomic mass is 10.1. The number of nitrogens with one attached hydrogen (secondary N) is 1. The van der Waals surface area contributed by atoms with Crippen molar-refractivity contribution in [1.29, 1.82) is 0 Å². The van der Waals surface area contributed by atoms with Gasteiger partial charge in [0.25, 0.3) is 5.91 Å². The van der Waals surface area contributed by atoms with Crippen molar-refractivity contribution in [3.05, 3.63) is 57.2 Å². The Kier molecular flexibility index (Phi) is 5.03. The van der Waals surface area contributed by atoms with E-state index in [1.165, 1.54) is 6.07 Å². The minimum absolute atomic E-state index is 0.0493. The maximum absolute atomic E-state index is 12.0. The number of hydrogen-bond donors (Lipinski definition) is 4. The molecule has 0 aromatic heterocycles. The van der Waals surface area contributed by atoms with E-state index in [0.29, 0.717) is 11.3 Å². The Bertz CT molecular complexity index is 644. The summed E-state index contributed by atoms with van der Waals surface area (Å²) in [5.74, 6) is -0.518.